The normalized spacial score (nSPS) is 11.1. The fourth-order valence-electron chi connectivity index (χ4n) is 1.41. The summed E-state index contributed by atoms with van der Waals surface area (Å²) in [4.78, 5) is 11.6. The summed E-state index contributed by atoms with van der Waals surface area (Å²) in [6.07, 6.45) is 1.36. The van der Waals surface area contributed by atoms with Gasteiger partial charge in [-0.05, 0) is 11.1 Å². The largest absolute Gasteiger partial charge is 0.503 e. The topological polar surface area (TPSA) is 61.5 Å². The van der Waals surface area contributed by atoms with Crippen molar-refractivity contribution in [3.63, 3.8) is 0 Å². The van der Waals surface area contributed by atoms with Gasteiger partial charge in [0, 0.05) is 6.54 Å². The number of ether oxygens (including phenoxy) is 2. The minimum Gasteiger partial charge on any atom is -0.503 e. The molecule has 0 atom stereocenters. The lowest BCUT2D eigenvalue weighted by molar-refractivity contribution is -0.133. The zero-order chi connectivity index (χ0) is 12.0. The summed E-state index contributed by atoms with van der Waals surface area (Å²) in [6, 6.07) is 7.38. The van der Waals surface area contributed by atoms with Crippen molar-refractivity contribution in [1.29, 1.82) is 0 Å². The molecule has 86 valence electrons. The molecule has 0 amide bonds. The Morgan fingerprint density at radius 1 is 1.38 bits per heavy atom. The summed E-state index contributed by atoms with van der Waals surface area (Å²) in [7, 11) is 2.81. The van der Waals surface area contributed by atoms with E-state index in [1.54, 1.807) is 0 Å². The average molecular weight is 221 g/mol. The van der Waals surface area contributed by atoms with Gasteiger partial charge in [-0.25, -0.2) is 4.79 Å². The minimum atomic E-state index is -0.442. The molecule has 1 rings (SSSR count). The van der Waals surface area contributed by atoms with Crippen LogP contribution in [0.3, 0.4) is 0 Å². The van der Waals surface area contributed by atoms with Crippen LogP contribution in [0, 0.1) is 0 Å². The highest BCUT2D eigenvalue weighted by atomic mass is 16.5. The van der Waals surface area contributed by atoms with E-state index in [9.17, 15) is 4.79 Å². The first-order valence-electron chi connectivity index (χ1n) is 4.84. The van der Waals surface area contributed by atoms with Crippen molar-refractivity contribution < 1.29 is 14.3 Å². The van der Waals surface area contributed by atoms with E-state index in [0.717, 1.165) is 11.1 Å². The van der Waals surface area contributed by atoms with Gasteiger partial charge in [-0.3, -0.25) is 0 Å². The molecule has 1 aromatic rings. The highest BCUT2D eigenvalue weighted by Gasteiger charge is 2.15. The first kappa shape index (κ1) is 12.3. The number of methoxy groups -OCH3 is 2. The molecule has 4 nitrogen and oxygen atoms in total. The Morgan fingerprint density at radius 3 is 2.62 bits per heavy atom. The molecule has 16 heavy (non-hydrogen) atoms. The number of carbonyl (C=O) groups excluding carboxylic acids is 1. The molecule has 2 N–H and O–H groups in total. The van der Waals surface area contributed by atoms with E-state index < -0.39 is 5.97 Å². The Bertz CT molecular complexity index is 399. The Labute approximate surface area is 94.7 Å². The van der Waals surface area contributed by atoms with Gasteiger partial charge in [-0.15, -0.1) is 0 Å². The number of benzene rings is 1. The third-order valence-corrected chi connectivity index (χ3v) is 2.17. The van der Waals surface area contributed by atoms with Crippen molar-refractivity contribution in [3.05, 3.63) is 41.7 Å². The Kier molecular flexibility index (Phi) is 4.54. The van der Waals surface area contributed by atoms with Crippen LogP contribution in [0.5, 0.6) is 0 Å². The van der Waals surface area contributed by atoms with Crippen LogP contribution >= 0.6 is 0 Å². The third-order valence-electron chi connectivity index (χ3n) is 2.17. The van der Waals surface area contributed by atoms with E-state index in [4.69, 9.17) is 15.2 Å². The maximum absolute atomic E-state index is 11.6. The zero-order valence-electron chi connectivity index (χ0n) is 9.40. The maximum atomic E-state index is 11.6. The molecule has 0 saturated carbocycles. The predicted molar refractivity (Wildman–Crippen MR) is 61.3 cm³/mol. The molecule has 0 bridgehead atoms. The van der Waals surface area contributed by atoms with E-state index >= 15 is 0 Å². The van der Waals surface area contributed by atoms with Crippen LogP contribution < -0.4 is 5.73 Å². The highest BCUT2D eigenvalue weighted by Crippen LogP contribution is 2.20. The summed E-state index contributed by atoms with van der Waals surface area (Å²) < 4.78 is 9.57. The van der Waals surface area contributed by atoms with Crippen LogP contribution in [0.4, 0.5) is 0 Å². The number of carbonyl (C=O) groups is 1. The summed E-state index contributed by atoms with van der Waals surface area (Å²) >= 11 is 0. The van der Waals surface area contributed by atoms with E-state index in [1.165, 1.54) is 20.5 Å². The van der Waals surface area contributed by atoms with E-state index in [0.29, 0.717) is 12.1 Å². The predicted octanol–water partition coefficient (Wildman–Crippen LogP) is 1.31. The number of hydrogen-bond donors (Lipinski definition) is 1. The van der Waals surface area contributed by atoms with Crippen molar-refractivity contribution in [2.24, 2.45) is 5.73 Å². The fraction of sp³-hybridized carbons (Fsp3) is 0.250. The fourth-order valence-corrected chi connectivity index (χ4v) is 1.41. The van der Waals surface area contributed by atoms with Crippen molar-refractivity contribution in [3.8, 4) is 0 Å². The van der Waals surface area contributed by atoms with Gasteiger partial charge >= 0.3 is 5.97 Å². The molecule has 0 aliphatic rings. The summed E-state index contributed by atoms with van der Waals surface area (Å²) in [5.41, 5.74) is 7.58. The molecule has 0 heterocycles. The van der Waals surface area contributed by atoms with Crippen molar-refractivity contribution in [2.75, 3.05) is 14.2 Å². The minimum absolute atomic E-state index is 0.355. The van der Waals surface area contributed by atoms with Crippen molar-refractivity contribution in [2.45, 2.75) is 6.54 Å². The molecule has 1 aromatic carbocycles. The summed E-state index contributed by atoms with van der Waals surface area (Å²) in [6.45, 7) is 0.355. The Balaban J connectivity index is 3.21. The van der Waals surface area contributed by atoms with Gasteiger partial charge < -0.3 is 15.2 Å². The second kappa shape index (κ2) is 5.92. The van der Waals surface area contributed by atoms with Gasteiger partial charge in [0.2, 0.25) is 0 Å². The van der Waals surface area contributed by atoms with Gasteiger partial charge in [0.05, 0.1) is 20.5 Å². The lowest BCUT2D eigenvalue weighted by Crippen LogP contribution is -2.08. The van der Waals surface area contributed by atoms with Gasteiger partial charge in [0.25, 0.3) is 0 Å². The zero-order valence-corrected chi connectivity index (χ0v) is 9.40. The molecule has 0 aromatic heterocycles. The molecule has 0 unspecified atom stereocenters. The molecule has 4 heteroatoms. The van der Waals surface area contributed by atoms with Gasteiger partial charge in [0.15, 0.2) is 0 Å². The number of esters is 1. The van der Waals surface area contributed by atoms with Crippen LogP contribution in [-0.4, -0.2) is 20.2 Å². The molecule has 0 aliphatic carbocycles. The monoisotopic (exact) mass is 221 g/mol. The SMILES string of the molecule is COC=C(C(=O)OC)c1ccccc1CN. The Morgan fingerprint density at radius 2 is 2.06 bits per heavy atom. The first-order valence-corrected chi connectivity index (χ1v) is 4.84. The van der Waals surface area contributed by atoms with Crippen molar-refractivity contribution >= 4 is 11.5 Å². The van der Waals surface area contributed by atoms with Gasteiger partial charge in [-0.1, -0.05) is 24.3 Å². The Hall–Kier alpha value is -1.81. The van der Waals surface area contributed by atoms with Crippen molar-refractivity contribution in [1.82, 2.24) is 0 Å². The standard InChI is InChI=1S/C12H15NO3/c1-15-8-11(12(14)16-2)10-6-4-3-5-9(10)7-13/h3-6,8H,7,13H2,1-2H3. The van der Waals surface area contributed by atoms with Crippen LogP contribution in [-0.2, 0) is 20.8 Å². The number of nitrogens with two attached hydrogens (primary N) is 1. The van der Waals surface area contributed by atoms with Crippen LogP contribution in [0.1, 0.15) is 11.1 Å². The second-order valence-corrected chi connectivity index (χ2v) is 3.12. The molecule has 0 fully saturated rings. The number of rotatable bonds is 4. The molecule has 0 radical (unpaired) electrons. The third kappa shape index (κ3) is 2.61. The molecule has 0 saturated heterocycles. The van der Waals surface area contributed by atoms with Crippen LogP contribution in [0.25, 0.3) is 5.57 Å². The molecular weight excluding hydrogens is 206 g/mol. The number of hydrogen-bond acceptors (Lipinski definition) is 4. The van der Waals surface area contributed by atoms with E-state index in [-0.39, 0.29) is 0 Å². The summed E-state index contributed by atoms with van der Waals surface area (Å²) in [5, 5.41) is 0. The van der Waals surface area contributed by atoms with E-state index in [2.05, 4.69) is 0 Å². The average Bonchev–Trinajstić information content (AvgIpc) is 2.35. The first-order chi connectivity index (χ1) is 7.74. The lowest BCUT2D eigenvalue weighted by Gasteiger charge is -2.09. The van der Waals surface area contributed by atoms with Gasteiger partial charge in [0.1, 0.15) is 5.57 Å². The summed E-state index contributed by atoms with van der Waals surface area (Å²) in [5.74, 6) is -0.442. The maximum Gasteiger partial charge on any atom is 0.341 e. The second-order valence-electron chi connectivity index (χ2n) is 3.12. The van der Waals surface area contributed by atoms with Gasteiger partial charge in [-0.2, -0.15) is 0 Å². The van der Waals surface area contributed by atoms with Crippen LogP contribution in [0.15, 0.2) is 30.5 Å². The molecule has 0 spiro atoms. The molecular formula is C12H15NO3. The quantitative estimate of drug-likeness (QED) is 0.473. The smallest absolute Gasteiger partial charge is 0.341 e. The molecule has 0 aliphatic heterocycles. The highest BCUT2D eigenvalue weighted by molar-refractivity contribution is 6.16. The lowest BCUT2D eigenvalue weighted by atomic mass is 10.0. The van der Waals surface area contributed by atoms with Crippen LogP contribution in [0.2, 0.25) is 0 Å². The van der Waals surface area contributed by atoms with E-state index in [1.807, 2.05) is 24.3 Å².